The summed E-state index contributed by atoms with van der Waals surface area (Å²) in [6, 6.07) is -0.705. The second-order valence-corrected chi connectivity index (χ2v) is 9.43. The number of imidazole rings is 1. The summed E-state index contributed by atoms with van der Waals surface area (Å²) in [5.41, 5.74) is -3.38. The number of carbonyl (C=O) groups is 1. The van der Waals surface area contributed by atoms with Crippen LogP contribution in [0.3, 0.4) is 0 Å². The molecule has 6 nitrogen and oxygen atoms in total. The normalized spacial score (nSPS) is 28.3. The van der Waals surface area contributed by atoms with Crippen LogP contribution in [0.25, 0.3) is 0 Å². The molecule has 0 aromatic carbocycles. The van der Waals surface area contributed by atoms with Gasteiger partial charge in [-0.3, -0.25) is 9.69 Å². The fraction of sp³-hybridized carbons (Fsp3) is 0.789. The van der Waals surface area contributed by atoms with Crippen LogP contribution < -0.4 is 0 Å². The minimum atomic E-state index is -4.89. The van der Waals surface area contributed by atoms with Gasteiger partial charge in [-0.05, 0) is 20.8 Å². The first kappa shape index (κ1) is 21.5. The van der Waals surface area contributed by atoms with E-state index < -0.39 is 35.0 Å². The Bertz CT molecular complexity index is 852. The number of alkyl halides is 5. The van der Waals surface area contributed by atoms with Crippen LogP contribution in [0.4, 0.5) is 22.0 Å². The molecule has 1 amide bonds. The number of aromatic nitrogens is 2. The highest BCUT2D eigenvalue weighted by atomic mass is 19.4. The Labute approximate surface area is 170 Å². The van der Waals surface area contributed by atoms with Gasteiger partial charge in [-0.25, -0.2) is 13.8 Å². The minimum Gasteiger partial charge on any atom is -0.374 e. The quantitative estimate of drug-likeness (QED) is 0.741. The van der Waals surface area contributed by atoms with Crippen molar-refractivity contribution in [2.24, 2.45) is 5.41 Å². The summed E-state index contributed by atoms with van der Waals surface area (Å²) >= 11 is 0. The van der Waals surface area contributed by atoms with Crippen LogP contribution in [0.2, 0.25) is 0 Å². The molecule has 0 bridgehead atoms. The predicted octanol–water partition coefficient (Wildman–Crippen LogP) is 2.68. The Kier molecular flexibility index (Phi) is 4.57. The van der Waals surface area contributed by atoms with E-state index in [1.165, 1.54) is 10.8 Å². The third kappa shape index (κ3) is 3.21. The topological polar surface area (TPSA) is 61.6 Å². The summed E-state index contributed by atoms with van der Waals surface area (Å²) < 4.78 is 67.4. The molecule has 1 aromatic heterocycles. The van der Waals surface area contributed by atoms with Crippen molar-refractivity contribution in [3.63, 3.8) is 0 Å². The van der Waals surface area contributed by atoms with Crippen molar-refractivity contribution in [3.05, 3.63) is 17.7 Å². The van der Waals surface area contributed by atoms with Crippen molar-refractivity contribution in [2.75, 3.05) is 19.6 Å². The first-order valence-electron chi connectivity index (χ1n) is 9.92. The molecule has 1 aliphatic carbocycles. The van der Waals surface area contributed by atoms with Crippen LogP contribution in [0, 0.1) is 5.41 Å². The van der Waals surface area contributed by atoms with Gasteiger partial charge in [-0.1, -0.05) is 0 Å². The molecule has 2 atom stereocenters. The number of nitrogens with zero attached hydrogens (tertiary/aromatic N) is 4. The second-order valence-electron chi connectivity index (χ2n) is 9.43. The summed E-state index contributed by atoms with van der Waals surface area (Å²) in [6.07, 6.45) is -3.99. The van der Waals surface area contributed by atoms with Crippen LogP contribution in [-0.2, 0) is 16.9 Å². The first-order valence-corrected chi connectivity index (χ1v) is 9.92. The van der Waals surface area contributed by atoms with Crippen LogP contribution in [0.5, 0.6) is 0 Å². The van der Waals surface area contributed by atoms with Gasteiger partial charge in [0, 0.05) is 38.5 Å². The van der Waals surface area contributed by atoms with Gasteiger partial charge in [-0.2, -0.15) is 13.2 Å². The number of hydrogen-bond acceptors (Lipinski definition) is 4. The molecule has 0 unspecified atom stereocenters. The number of amides is 1. The van der Waals surface area contributed by atoms with Gasteiger partial charge in [0.1, 0.15) is 0 Å². The van der Waals surface area contributed by atoms with Gasteiger partial charge >= 0.3 is 6.18 Å². The number of fused-ring (bicyclic) bond motifs is 1. The van der Waals surface area contributed by atoms with Gasteiger partial charge in [0.15, 0.2) is 5.82 Å². The van der Waals surface area contributed by atoms with E-state index in [1.54, 1.807) is 18.7 Å². The highest BCUT2D eigenvalue weighted by molar-refractivity contribution is 5.84. The molecule has 1 saturated heterocycles. The summed E-state index contributed by atoms with van der Waals surface area (Å²) in [5, 5.41) is 10.0. The molecule has 3 heterocycles. The zero-order valence-corrected chi connectivity index (χ0v) is 17.0. The summed E-state index contributed by atoms with van der Waals surface area (Å²) in [7, 11) is 0. The molecule has 11 heteroatoms. The number of carbonyl (C=O) groups excluding carboxylic acids is 1. The van der Waals surface area contributed by atoms with E-state index in [1.807, 2.05) is 4.90 Å². The van der Waals surface area contributed by atoms with Gasteiger partial charge in [-0.15, -0.1) is 0 Å². The third-order valence-electron chi connectivity index (χ3n) is 6.63. The minimum absolute atomic E-state index is 0.0845. The molecular formula is C19H25F5N4O2. The smallest absolute Gasteiger partial charge is 0.374 e. The lowest BCUT2D eigenvalue weighted by molar-refractivity contribution is -0.263. The van der Waals surface area contributed by atoms with Gasteiger partial charge in [0.05, 0.1) is 29.9 Å². The van der Waals surface area contributed by atoms with Crippen LogP contribution in [-0.4, -0.2) is 68.1 Å². The Morgan fingerprint density at radius 1 is 1.27 bits per heavy atom. The van der Waals surface area contributed by atoms with Gasteiger partial charge < -0.3 is 14.6 Å². The van der Waals surface area contributed by atoms with Crippen LogP contribution in [0.15, 0.2) is 6.20 Å². The van der Waals surface area contributed by atoms with Crippen molar-refractivity contribution in [1.29, 1.82) is 0 Å². The zero-order chi connectivity index (χ0) is 22.3. The van der Waals surface area contributed by atoms with Gasteiger partial charge in [0.2, 0.25) is 11.5 Å². The number of halogens is 5. The largest absolute Gasteiger partial charge is 0.424 e. The SMILES string of the molecule is C[C@H]1CN(C(=O)C2(C)CN(C3CC(F)(F)C3)C2)Cc2cnc([C@@](C)(O)C(F)(F)F)n21. The lowest BCUT2D eigenvalue weighted by atomic mass is 9.75. The Morgan fingerprint density at radius 2 is 1.87 bits per heavy atom. The van der Waals surface area contributed by atoms with Crippen molar-refractivity contribution < 1.29 is 31.9 Å². The second kappa shape index (κ2) is 6.38. The van der Waals surface area contributed by atoms with Crippen molar-refractivity contribution in [1.82, 2.24) is 19.4 Å². The lowest BCUT2D eigenvalue weighted by Crippen LogP contribution is -2.68. The van der Waals surface area contributed by atoms with E-state index >= 15 is 0 Å². The zero-order valence-electron chi connectivity index (χ0n) is 17.0. The monoisotopic (exact) mass is 436 g/mol. The molecule has 30 heavy (non-hydrogen) atoms. The number of hydrogen-bond donors (Lipinski definition) is 1. The standard InChI is InChI=1S/C19H25F5N4O2/c1-11-7-26(8-13-6-25-14(28(11)13)17(3,30)19(22,23)24)15(29)16(2)9-27(10-16)12-4-18(20,21)5-12/h6,11-12,30H,4-5,7-10H2,1-3H3/t11-,17+/m0/s1. The number of likely N-dealkylation sites (tertiary alicyclic amines) is 1. The molecular weight excluding hydrogens is 411 g/mol. The van der Waals surface area contributed by atoms with Crippen LogP contribution >= 0.6 is 0 Å². The summed E-state index contributed by atoms with van der Waals surface area (Å²) in [4.78, 5) is 20.4. The molecule has 3 aliphatic rings. The van der Waals surface area contributed by atoms with Crippen molar-refractivity contribution >= 4 is 5.91 Å². The third-order valence-corrected chi connectivity index (χ3v) is 6.63. The van der Waals surface area contributed by atoms with E-state index in [0.29, 0.717) is 25.7 Å². The average molecular weight is 436 g/mol. The van der Waals surface area contributed by atoms with E-state index in [-0.39, 0.29) is 37.9 Å². The number of aliphatic hydroxyl groups is 1. The summed E-state index contributed by atoms with van der Waals surface area (Å²) in [6.45, 7) is 5.18. The fourth-order valence-corrected chi connectivity index (χ4v) is 4.82. The Balaban J connectivity index is 1.46. The molecule has 1 aromatic rings. The predicted molar refractivity (Wildman–Crippen MR) is 95.6 cm³/mol. The molecule has 1 saturated carbocycles. The molecule has 1 N–H and O–H groups in total. The van der Waals surface area contributed by atoms with E-state index in [4.69, 9.17) is 0 Å². The van der Waals surface area contributed by atoms with Crippen LogP contribution in [0.1, 0.15) is 51.2 Å². The van der Waals surface area contributed by atoms with E-state index in [9.17, 15) is 31.9 Å². The number of rotatable bonds is 3. The lowest BCUT2D eigenvalue weighted by Gasteiger charge is -2.55. The Morgan fingerprint density at radius 3 is 2.40 bits per heavy atom. The maximum Gasteiger partial charge on any atom is 0.424 e. The molecule has 0 radical (unpaired) electrons. The molecule has 4 rings (SSSR count). The van der Waals surface area contributed by atoms with Crippen molar-refractivity contribution in [2.45, 2.75) is 69.9 Å². The maximum absolute atomic E-state index is 13.3. The fourth-order valence-electron chi connectivity index (χ4n) is 4.82. The molecule has 168 valence electrons. The Hall–Kier alpha value is -1.75. The highest BCUT2D eigenvalue weighted by Gasteiger charge is 2.57. The highest BCUT2D eigenvalue weighted by Crippen LogP contribution is 2.46. The van der Waals surface area contributed by atoms with Gasteiger partial charge in [0.25, 0.3) is 5.92 Å². The first-order chi connectivity index (χ1) is 13.6. The van der Waals surface area contributed by atoms with E-state index in [0.717, 1.165) is 0 Å². The molecule has 0 spiro atoms. The summed E-state index contributed by atoms with van der Waals surface area (Å²) in [5.74, 6) is -3.25. The van der Waals surface area contributed by atoms with Crippen molar-refractivity contribution in [3.8, 4) is 0 Å². The molecule has 2 aliphatic heterocycles. The van der Waals surface area contributed by atoms with E-state index in [2.05, 4.69) is 4.98 Å². The maximum atomic E-state index is 13.3. The average Bonchev–Trinajstić information content (AvgIpc) is 3.00. The molecule has 2 fully saturated rings.